The molecule has 2 atom stereocenters. The van der Waals surface area contributed by atoms with Gasteiger partial charge in [-0.2, -0.15) is 0 Å². The third-order valence-corrected chi connectivity index (χ3v) is 3.04. The molecule has 0 heterocycles. The molecule has 0 aromatic heterocycles. The topological polar surface area (TPSA) is 35.2 Å². The zero-order chi connectivity index (χ0) is 9.68. The normalized spacial score (nSPS) is 21.5. The fourth-order valence-corrected chi connectivity index (χ4v) is 1.70. The molecule has 0 aliphatic heterocycles. The van der Waals surface area contributed by atoms with Gasteiger partial charge in [-0.3, -0.25) is 0 Å². The molecule has 0 radical (unpaired) electrons. The van der Waals surface area contributed by atoms with Gasteiger partial charge in [0.2, 0.25) is 0 Å². The van der Waals surface area contributed by atoms with Crippen LogP contribution in [-0.2, 0) is 4.74 Å². The summed E-state index contributed by atoms with van der Waals surface area (Å²) in [5.74, 6) is 1.62. The van der Waals surface area contributed by atoms with E-state index in [1.807, 2.05) is 0 Å². The van der Waals surface area contributed by atoms with Gasteiger partial charge in [0.1, 0.15) is 0 Å². The van der Waals surface area contributed by atoms with Crippen molar-refractivity contribution in [2.45, 2.75) is 45.1 Å². The first-order valence-electron chi connectivity index (χ1n) is 5.48. The first-order chi connectivity index (χ1) is 6.24. The van der Waals surface area contributed by atoms with Crippen molar-refractivity contribution in [3.8, 4) is 0 Å². The molecule has 0 spiro atoms. The molecule has 2 N–H and O–H groups in total. The second-order valence-corrected chi connectivity index (χ2v) is 4.47. The highest BCUT2D eigenvalue weighted by Crippen LogP contribution is 2.33. The summed E-state index contributed by atoms with van der Waals surface area (Å²) >= 11 is 0. The Morgan fingerprint density at radius 3 is 2.54 bits per heavy atom. The van der Waals surface area contributed by atoms with Crippen molar-refractivity contribution < 1.29 is 4.74 Å². The molecule has 78 valence electrons. The average molecular weight is 185 g/mol. The van der Waals surface area contributed by atoms with Crippen LogP contribution in [0.3, 0.4) is 0 Å². The van der Waals surface area contributed by atoms with E-state index < -0.39 is 0 Å². The minimum Gasteiger partial charge on any atom is -0.385 e. The lowest BCUT2D eigenvalue weighted by Gasteiger charge is -2.14. The van der Waals surface area contributed by atoms with Gasteiger partial charge in [0.05, 0.1) is 0 Å². The second-order valence-electron chi connectivity index (χ2n) is 4.47. The van der Waals surface area contributed by atoms with E-state index >= 15 is 0 Å². The lowest BCUT2D eigenvalue weighted by atomic mass is 9.97. The number of hydrogen-bond donors (Lipinski definition) is 1. The van der Waals surface area contributed by atoms with Crippen molar-refractivity contribution in [3.63, 3.8) is 0 Å². The first kappa shape index (κ1) is 11.0. The molecule has 0 saturated heterocycles. The molecule has 1 fully saturated rings. The highest BCUT2D eigenvalue weighted by Gasteiger charge is 2.28. The van der Waals surface area contributed by atoms with Crippen LogP contribution >= 0.6 is 0 Å². The van der Waals surface area contributed by atoms with Crippen LogP contribution in [0.4, 0.5) is 0 Å². The molecule has 2 unspecified atom stereocenters. The van der Waals surface area contributed by atoms with Crippen molar-refractivity contribution in [1.82, 2.24) is 0 Å². The number of nitrogens with two attached hydrogens (primary N) is 1. The molecular weight excluding hydrogens is 162 g/mol. The summed E-state index contributed by atoms with van der Waals surface area (Å²) in [6.45, 7) is 3.18. The van der Waals surface area contributed by atoms with E-state index in [0.717, 1.165) is 18.4 Å². The number of methoxy groups -OCH3 is 1. The summed E-state index contributed by atoms with van der Waals surface area (Å²) in [5, 5.41) is 0. The highest BCUT2D eigenvalue weighted by molar-refractivity contribution is 4.83. The van der Waals surface area contributed by atoms with Gasteiger partial charge in [-0.1, -0.05) is 6.92 Å². The van der Waals surface area contributed by atoms with Gasteiger partial charge in [0, 0.05) is 19.8 Å². The van der Waals surface area contributed by atoms with E-state index in [2.05, 4.69) is 6.92 Å². The van der Waals surface area contributed by atoms with Crippen molar-refractivity contribution in [1.29, 1.82) is 0 Å². The van der Waals surface area contributed by atoms with E-state index in [9.17, 15) is 0 Å². The Bertz CT molecular complexity index is 134. The minimum atomic E-state index is 0.477. The van der Waals surface area contributed by atoms with Crippen LogP contribution in [0.2, 0.25) is 0 Å². The van der Waals surface area contributed by atoms with E-state index in [-0.39, 0.29) is 0 Å². The zero-order valence-electron chi connectivity index (χ0n) is 8.96. The van der Waals surface area contributed by atoms with Crippen molar-refractivity contribution in [2.75, 3.05) is 13.7 Å². The van der Waals surface area contributed by atoms with Crippen LogP contribution in [-0.4, -0.2) is 19.8 Å². The standard InChI is InChI=1S/C11H23NO/c1-9(7-8-13-2)3-6-11(12)10-4-5-10/h9-11H,3-8,12H2,1-2H3. The Balaban J connectivity index is 1.96. The Morgan fingerprint density at radius 1 is 1.31 bits per heavy atom. The summed E-state index contributed by atoms with van der Waals surface area (Å²) in [6.07, 6.45) is 6.38. The molecule has 2 heteroatoms. The molecule has 2 nitrogen and oxygen atoms in total. The molecule has 0 bridgehead atoms. The van der Waals surface area contributed by atoms with E-state index in [1.165, 1.54) is 32.1 Å². The molecule has 0 aromatic rings. The largest absolute Gasteiger partial charge is 0.385 e. The monoisotopic (exact) mass is 185 g/mol. The maximum Gasteiger partial charge on any atom is 0.0464 e. The fourth-order valence-electron chi connectivity index (χ4n) is 1.70. The third kappa shape index (κ3) is 4.63. The smallest absolute Gasteiger partial charge is 0.0464 e. The van der Waals surface area contributed by atoms with E-state index in [4.69, 9.17) is 10.5 Å². The summed E-state index contributed by atoms with van der Waals surface area (Å²) in [7, 11) is 1.77. The molecule has 1 rings (SSSR count). The molecule has 0 amide bonds. The SMILES string of the molecule is COCCC(C)CCC(N)C1CC1. The van der Waals surface area contributed by atoms with Gasteiger partial charge in [0.25, 0.3) is 0 Å². The minimum absolute atomic E-state index is 0.477. The second kappa shape index (κ2) is 5.61. The molecule has 13 heavy (non-hydrogen) atoms. The number of rotatable bonds is 7. The van der Waals surface area contributed by atoms with E-state index in [0.29, 0.717) is 6.04 Å². The molecule has 1 saturated carbocycles. The van der Waals surface area contributed by atoms with Gasteiger partial charge in [-0.25, -0.2) is 0 Å². The molecule has 1 aliphatic carbocycles. The van der Waals surface area contributed by atoms with Crippen LogP contribution in [0.15, 0.2) is 0 Å². The maximum absolute atomic E-state index is 6.02. The van der Waals surface area contributed by atoms with Gasteiger partial charge in [-0.15, -0.1) is 0 Å². The lowest BCUT2D eigenvalue weighted by Crippen LogP contribution is -2.23. The Hall–Kier alpha value is -0.0800. The predicted molar refractivity (Wildman–Crippen MR) is 55.6 cm³/mol. The quantitative estimate of drug-likeness (QED) is 0.660. The number of hydrogen-bond acceptors (Lipinski definition) is 2. The fraction of sp³-hybridized carbons (Fsp3) is 1.00. The Morgan fingerprint density at radius 2 is 2.00 bits per heavy atom. The van der Waals surface area contributed by atoms with Gasteiger partial charge in [-0.05, 0) is 43.9 Å². The summed E-state index contributed by atoms with van der Waals surface area (Å²) in [6, 6.07) is 0.477. The Labute approximate surface area is 81.8 Å². The third-order valence-electron chi connectivity index (χ3n) is 3.04. The van der Waals surface area contributed by atoms with Crippen LogP contribution in [0, 0.1) is 11.8 Å². The van der Waals surface area contributed by atoms with Gasteiger partial charge < -0.3 is 10.5 Å². The van der Waals surface area contributed by atoms with Gasteiger partial charge >= 0.3 is 0 Å². The number of ether oxygens (including phenoxy) is 1. The maximum atomic E-state index is 6.02. The Kier molecular flexibility index (Phi) is 4.74. The van der Waals surface area contributed by atoms with Crippen LogP contribution < -0.4 is 5.73 Å². The molecule has 1 aliphatic rings. The van der Waals surface area contributed by atoms with Gasteiger partial charge in [0.15, 0.2) is 0 Å². The van der Waals surface area contributed by atoms with Crippen molar-refractivity contribution >= 4 is 0 Å². The van der Waals surface area contributed by atoms with Crippen LogP contribution in [0.5, 0.6) is 0 Å². The molecule has 0 aromatic carbocycles. The van der Waals surface area contributed by atoms with Crippen molar-refractivity contribution in [2.24, 2.45) is 17.6 Å². The predicted octanol–water partition coefficient (Wildman–Crippen LogP) is 2.18. The van der Waals surface area contributed by atoms with Crippen LogP contribution in [0.1, 0.15) is 39.0 Å². The average Bonchev–Trinajstić information content (AvgIpc) is 2.93. The zero-order valence-corrected chi connectivity index (χ0v) is 8.96. The van der Waals surface area contributed by atoms with E-state index in [1.54, 1.807) is 7.11 Å². The van der Waals surface area contributed by atoms with Crippen LogP contribution in [0.25, 0.3) is 0 Å². The first-order valence-corrected chi connectivity index (χ1v) is 5.48. The highest BCUT2D eigenvalue weighted by atomic mass is 16.5. The molecular formula is C11H23NO. The summed E-state index contributed by atoms with van der Waals surface area (Å²) in [5.41, 5.74) is 6.02. The van der Waals surface area contributed by atoms with Crippen molar-refractivity contribution in [3.05, 3.63) is 0 Å². The lowest BCUT2D eigenvalue weighted by molar-refractivity contribution is 0.177. The summed E-state index contributed by atoms with van der Waals surface area (Å²) < 4.78 is 5.05. The summed E-state index contributed by atoms with van der Waals surface area (Å²) in [4.78, 5) is 0.